The number of nitrogens with one attached hydrogen (secondary N) is 2. The summed E-state index contributed by atoms with van der Waals surface area (Å²) in [6.45, 7) is 0.640. The molecule has 2 rings (SSSR count). The maximum absolute atomic E-state index is 11.8. The number of carbonyl (C=O) groups is 3. The number of nitro groups is 1. The van der Waals surface area contributed by atoms with Crippen molar-refractivity contribution in [1.82, 2.24) is 5.32 Å². The zero-order chi connectivity index (χ0) is 19.8. The van der Waals surface area contributed by atoms with Crippen molar-refractivity contribution in [3.8, 4) is 0 Å². The highest BCUT2D eigenvalue weighted by molar-refractivity contribution is 5.97. The van der Waals surface area contributed by atoms with Crippen molar-refractivity contribution in [3.63, 3.8) is 0 Å². The van der Waals surface area contributed by atoms with E-state index in [-0.39, 0.29) is 11.4 Å². The molecule has 0 aliphatic carbocycles. The summed E-state index contributed by atoms with van der Waals surface area (Å²) in [7, 11) is 0. The third-order valence-electron chi connectivity index (χ3n) is 3.42. The molecule has 0 aromatic heterocycles. The Balaban J connectivity index is 1.81. The van der Waals surface area contributed by atoms with Crippen molar-refractivity contribution in [3.05, 3.63) is 69.8 Å². The van der Waals surface area contributed by atoms with Crippen LogP contribution in [0, 0.1) is 17.0 Å². The molecule has 2 N–H and O–H groups in total. The van der Waals surface area contributed by atoms with Crippen LogP contribution in [0.15, 0.2) is 48.5 Å². The molecule has 0 unspecified atom stereocenters. The van der Waals surface area contributed by atoms with Crippen LogP contribution in [0.5, 0.6) is 0 Å². The molecule has 0 aliphatic heterocycles. The number of rotatable bonds is 7. The first kappa shape index (κ1) is 19.6. The Bertz CT molecular complexity index is 867. The summed E-state index contributed by atoms with van der Waals surface area (Å²) in [5.41, 5.74) is 0.795. The Morgan fingerprint density at radius 1 is 1.11 bits per heavy atom. The van der Waals surface area contributed by atoms with Crippen LogP contribution in [0.4, 0.5) is 11.4 Å². The molecule has 0 fully saturated rings. The van der Waals surface area contributed by atoms with Gasteiger partial charge in [0.25, 0.3) is 17.5 Å². The van der Waals surface area contributed by atoms with Crippen LogP contribution in [-0.2, 0) is 14.3 Å². The number of nitrogens with zero attached hydrogens (tertiary/aromatic N) is 1. The number of anilines is 1. The van der Waals surface area contributed by atoms with Crippen molar-refractivity contribution in [1.29, 1.82) is 0 Å². The van der Waals surface area contributed by atoms with E-state index in [0.717, 1.165) is 0 Å². The highest BCUT2D eigenvalue weighted by Gasteiger charge is 2.17. The number of nitro benzene ring substituents is 1. The lowest BCUT2D eigenvalue weighted by molar-refractivity contribution is -0.384. The quantitative estimate of drug-likeness (QED) is 0.434. The average molecular weight is 371 g/mol. The Kier molecular flexibility index (Phi) is 6.59. The summed E-state index contributed by atoms with van der Waals surface area (Å²) in [5.74, 6) is -2.00. The molecule has 2 aromatic rings. The van der Waals surface area contributed by atoms with Gasteiger partial charge in [-0.3, -0.25) is 24.5 Å². The minimum atomic E-state index is -0.812. The number of ether oxygens (including phenoxy) is 1. The summed E-state index contributed by atoms with van der Waals surface area (Å²) in [5, 5.41) is 15.7. The maximum atomic E-state index is 11.8. The van der Waals surface area contributed by atoms with E-state index in [4.69, 9.17) is 4.74 Å². The zero-order valence-corrected chi connectivity index (χ0v) is 14.4. The second-order valence-corrected chi connectivity index (χ2v) is 5.54. The van der Waals surface area contributed by atoms with Crippen LogP contribution in [0.25, 0.3) is 0 Å². The van der Waals surface area contributed by atoms with Gasteiger partial charge < -0.3 is 15.4 Å². The van der Waals surface area contributed by atoms with Crippen LogP contribution >= 0.6 is 0 Å². The molecular formula is C18H17N3O6. The Hall–Kier alpha value is -3.75. The number of amides is 2. The Morgan fingerprint density at radius 2 is 1.81 bits per heavy atom. The molecule has 0 saturated heterocycles. The second-order valence-electron chi connectivity index (χ2n) is 5.54. The van der Waals surface area contributed by atoms with Crippen molar-refractivity contribution in [2.45, 2.75) is 6.92 Å². The van der Waals surface area contributed by atoms with E-state index in [9.17, 15) is 24.5 Å². The largest absolute Gasteiger partial charge is 0.454 e. The molecule has 0 atom stereocenters. The van der Waals surface area contributed by atoms with Crippen molar-refractivity contribution < 1.29 is 24.0 Å². The molecule has 0 spiro atoms. The predicted molar refractivity (Wildman–Crippen MR) is 96.2 cm³/mol. The summed E-state index contributed by atoms with van der Waals surface area (Å²) < 4.78 is 4.75. The van der Waals surface area contributed by atoms with E-state index in [0.29, 0.717) is 11.1 Å². The van der Waals surface area contributed by atoms with Crippen LogP contribution in [0.1, 0.15) is 15.9 Å². The smallest absolute Gasteiger partial charge is 0.325 e. The maximum Gasteiger partial charge on any atom is 0.325 e. The molecule has 2 aromatic carbocycles. The molecule has 0 radical (unpaired) electrons. The van der Waals surface area contributed by atoms with Gasteiger partial charge in [-0.2, -0.15) is 0 Å². The molecule has 140 valence electrons. The number of carbonyl (C=O) groups excluding carboxylic acids is 3. The summed E-state index contributed by atoms with van der Waals surface area (Å²) in [6, 6.07) is 12.6. The first-order chi connectivity index (χ1) is 12.9. The van der Waals surface area contributed by atoms with E-state index in [1.807, 2.05) is 0 Å². The van der Waals surface area contributed by atoms with Gasteiger partial charge in [0, 0.05) is 11.6 Å². The topological polar surface area (TPSA) is 128 Å². The molecule has 27 heavy (non-hydrogen) atoms. The fourth-order valence-electron chi connectivity index (χ4n) is 2.13. The van der Waals surface area contributed by atoms with Gasteiger partial charge >= 0.3 is 5.97 Å². The number of esters is 1. The molecule has 9 nitrogen and oxygen atoms in total. The third-order valence-corrected chi connectivity index (χ3v) is 3.42. The lowest BCUT2D eigenvalue weighted by atomic mass is 10.2. The van der Waals surface area contributed by atoms with Crippen LogP contribution in [0.2, 0.25) is 0 Å². The van der Waals surface area contributed by atoms with E-state index in [2.05, 4.69) is 10.6 Å². The van der Waals surface area contributed by atoms with Crippen molar-refractivity contribution in [2.75, 3.05) is 18.5 Å². The zero-order valence-electron chi connectivity index (χ0n) is 14.4. The van der Waals surface area contributed by atoms with Crippen LogP contribution in [0.3, 0.4) is 0 Å². The number of benzene rings is 2. The van der Waals surface area contributed by atoms with Crippen molar-refractivity contribution >= 4 is 29.2 Å². The lowest BCUT2D eigenvalue weighted by Crippen LogP contribution is -2.32. The van der Waals surface area contributed by atoms with E-state index >= 15 is 0 Å². The summed E-state index contributed by atoms with van der Waals surface area (Å²) in [4.78, 5) is 45.7. The average Bonchev–Trinajstić information content (AvgIpc) is 2.66. The number of aryl methyl sites for hydroxylation is 1. The van der Waals surface area contributed by atoms with Gasteiger partial charge in [-0.1, -0.05) is 24.3 Å². The monoisotopic (exact) mass is 371 g/mol. The second kappa shape index (κ2) is 9.09. The minimum Gasteiger partial charge on any atom is -0.454 e. The van der Waals surface area contributed by atoms with Gasteiger partial charge in [-0.25, -0.2) is 0 Å². The van der Waals surface area contributed by atoms with E-state index < -0.39 is 35.9 Å². The molecule has 0 saturated carbocycles. The molecular weight excluding hydrogens is 354 g/mol. The summed E-state index contributed by atoms with van der Waals surface area (Å²) >= 11 is 0. The first-order valence-corrected chi connectivity index (χ1v) is 7.90. The fraction of sp³-hybridized carbons (Fsp3) is 0.167. The predicted octanol–water partition coefficient (Wildman–Crippen LogP) is 1.81. The third kappa shape index (κ3) is 5.92. The number of hydrogen-bond acceptors (Lipinski definition) is 6. The molecule has 0 bridgehead atoms. The lowest BCUT2D eigenvalue weighted by Gasteiger charge is -2.08. The highest BCUT2D eigenvalue weighted by atomic mass is 16.6. The standard InChI is InChI=1S/C18H17N3O6/c1-12-7-8-14(15(9-12)21(25)26)20-16(22)11-27-17(23)10-19-18(24)13-5-3-2-4-6-13/h2-9H,10-11H2,1H3,(H,19,24)(H,20,22). The molecule has 9 heteroatoms. The molecule has 0 aliphatic rings. The van der Waals surface area contributed by atoms with Gasteiger partial charge in [0.2, 0.25) is 0 Å². The molecule has 0 heterocycles. The van der Waals surface area contributed by atoms with Gasteiger partial charge in [-0.05, 0) is 30.7 Å². The van der Waals surface area contributed by atoms with Gasteiger partial charge in [0.1, 0.15) is 12.2 Å². The minimum absolute atomic E-state index is 0.00373. The molecule has 2 amide bonds. The summed E-state index contributed by atoms with van der Waals surface area (Å²) in [6.07, 6.45) is 0. The van der Waals surface area contributed by atoms with E-state index in [1.54, 1.807) is 43.3 Å². The van der Waals surface area contributed by atoms with Gasteiger partial charge in [0.15, 0.2) is 6.61 Å². The fourth-order valence-corrected chi connectivity index (χ4v) is 2.13. The normalized spacial score (nSPS) is 9.96. The Morgan fingerprint density at radius 3 is 2.48 bits per heavy atom. The first-order valence-electron chi connectivity index (χ1n) is 7.90. The highest BCUT2D eigenvalue weighted by Crippen LogP contribution is 2.25. The van der Waals surface area contributed by atoms with Gasteiger partial charge in [0.05, 0.1) is 4.92 Å². The van der Waals surface area contributed by atoms with Crippen LogP contribution in [-0.4, -0.2) is 35.9 Å². The van der Waals surface area contributed by atoms with E-state index in [1.165, 1.54) is 12.1 Å². The van der Waals surface area contributed by atoms with Crippen LogP contribution < -0.4 is 10.6 Å². The Labute approximate surface area is 154 Å². The SMILES string of the molecule is Cc1ccc(NC(=O)COC(=O)CNC(=O)c2ccccc2)c([N+](=O)[O-])c1. The van der Waals surface area contributed by atoms with Crippen molar-refractivity contribution in [2.24, 2.45) is 0 Å². The number of hydrogen-bond donors (Lipinski definition) is 2. The van der Waals surface area contributed by atoms with Gasteiger partial charge in [-0.15, -0.1) is 0 Å².